The van der Waals surface area contributed by atoms with Crippen molar-refractivity contribution in [1.29, 1.82) is 0 Å². The second kappa shape index (κ2) is 5.47. The van der Waals surface area contributed by atoms with Crippen LogP contribution in [0.2, 0.25) is 10.0 Å². The van der Waals surface area contributed by atoms with E-state index in [4.69, 9.17) is 23.2 Å². The van der Waals surface area contributed by atoms with Gasteiger partial charge >= 0.3 is 0 Å². The number of nitrogens with zero attached hydrogens (tertiary/aromatic N) is 1. The molecule has 0 aromatic heterocycles. The molecule has 0 radical (unpaired) electrons. The van der Waals surface area contributed by atoms with Gasteiger partial charge in [-0.3, -0.25) is 4.79 Å². The first-order valence-electron chi connectivity index (χ1n) is 5.97. The van der Waals surface area contributed by atoms with Crippen LogP contribution in [0, 0.1) is 0 Å². The summed E-state index contributed by atoms with van der Waals surface area (Å²) in [4.78, 5) is 14.0. The molecule has 5 heteroatoms. The minimum Gasteiger partial charge on any atom is -0.334 e. The topological polar surface area (TPSA) is 32.3 Å². The number of hydrogen-bond donors (Lipinski definition) is 1. The van der Waals surface area contributed by atoms with Gasteiger partial charge in [-0.2, -0.15) is 0 Å². The second-order valence-corrected chi connectivity index (χ2v) is 5.35. The first-order valence-corrected chi connectivity index (χ1v) is 6.73. The molecule has 3 nitrogen and oxygen atoms in total. The van der Waals surface area contributed by atoms with Crippen molar-refractivity contribution >= 4 is 29.1 Å². The van der Waals surface area contributed by atoms with Gasteiger partial charge in [-0.05, 0) is 38.1 Å². The third kappa shape index (κ3) is 2.48. The number of carbonyl (C=O) groups excluding carboxylic acids is 1. The summed E-state index contributed by atoms with van der Waals surface area (Å²) < 4.78 is 0. The molecule has 2 atom stereocenters. The second-order valence-electron chi connectivity index (χ2n) is 4.50. The van der Waals surface area contributed by atoms with Crippen LogP contribution in [-0.2, 0) is 4.79 Å². The van der Waals surface area contributed by atoms with Crippen molar-refractivity contribution in [3.8, 4) is 0 Å². The normalized spacial score (nSPS) is 21.4. The number of halogens is 2. The van der Waals surface area contributed by atoms with Crippen molar-refractivity contribution in [2.24, 2.45) is 0 Å². The molecule has 1 amide bonds. The Kier molecular flexibility index (Phi) is 4.15. The summed E-state index contributed by atoms with van der Waals surface area (Å²) in [6.45, 7) is 2.75. The van der Waals surface area contributed by atoms with Crippen LogP contribution in [-0.4, -0.2) is 30.4 Å². The summed E-state index contributed by atoms with van der Waals surface area (Å²) in [5, 5.41) is 4.24. The first kappa shape index (κ1) is 13.7. The summed E-state index contributed by atoms with van der Waals surface area (Å²) in [6, 6.07) is 5.30. The highest BCUT2D eigenvalue weighted by atomic mass is 35.5. The molecule has 0 bridgehead atoms. The van der Waals surface area contributed by atoms with Crippen LogP contribution in [0.5, 0.6) is 0 Å². The summed E-state index contributed by atoms with van der Waals surface area (Å²) in [6.07, 6.45) is 0.838. The highest BCUT2D eigenvalue weighted by Crippen LogP contribution is 2.32. The Morgan fingerprint density at radius 1 is 1.44 bits per heavy atom. The fourth-order valence-corrected chi connectivity index (χ4v) is 2.93. The van der Waals surface area contributed by atoms with E-state index in [1.807, 2.05) is 24.9 Å². The van der Waals surface area contributed by atoms with E-state index in [0.29, 0.717) is 10.0 Å². The lowest BCUT2D eigenvalue weighted by molar-refractivity contribution is -0.131. The summed E-state index contributed by atoms with van der Waals surface area (Å²) in [5.41, 5.74) is 0.936. The van der Waals surface area contributed by atoms with E-state index in [1.54, 1.807) is 12.1 Å². The van der Waals surface area contributed by atoms with Crippen LogP contribution >= 0.6 is 23.2 Å². The number of nitrogens with one attached hydrogen (secondary N) is 1. The zero-order chi connectivity index (χ0) is 13.3. The minimum absolute atomic E-state index is 0.0272. The lowest BCUT2D eigenvalue weighted by Gasteiger charge is -2.26. The maximum absolute atomic E-state index is 12.1. The van der Waals surface area contributed by atoms with Crippen molar-refractivity contribution in [3.05, 3.63) is 33.8 Å². The Bertz CT molecular complexity index is 464. The Hall–Kier alpha value is -0.770. The number of rotatable bonds is 3. The van der Waals surface area contributed by atoms with Crippen molar-refractivity contribution in [2.45, 2.75) is 25.4 Å². The van der Waals surface area contributed by atoms with Gasteiger partial charge in [0.15, 0.2) is 0 Å². The van der Waals surface area contributed by atoms with E-state index >= 15 is 0 Å². The summed E-state index contributed by atoms with van der Waals surface area (Å²) in [5.74, 6) is 0.135. The molecule has 1 heterocycles. The average molecular weight is 287 g/mol. The number of benzene rings is 1. The predicted octanol–water partition coefficient (Wildman–Crippen LogP) is 2.87. The van der Waals surface area contributed by atoms with Gasteiger partial charge in [0.1, 0.15) is 0 Å². The van der Waals surface area contributed by atoms with Gasteiger partial charge in [0.05, 0.1) is 12.1 Å². The SMILES string of the molecule is CNC1CCN(C(C)c2ccc(Cl)cc2Cl)C1=O. The van der Waals surface area contributed by atoms with E-state index < -0.39 is 0 Å². The van der Waals surface area contributed by atoms with Crippen molar-refractivity contribution in [2.75, 3.05) is 13.6 Å². The van der Waals surface area contributed by atoms with Gasteiger partial charge in [-0.1, -0.05) is 29.3 Å². The number of likely N-dealkylation sites (N-methyl/N-ethyl adjacent to an activating group) is 1. The van der Waals surface area contributed by atoms with Crippen LogP contribution in [0.25, 0.3) is 0 Å². The number of amides is 1. The molecule has 1 aromatic rings. The zero-order valence-corrected chi connectivity index (χ0v) is 11.9. The van der Waals surface area contributed by atoms with Crippen molar-refractivity contribution < 1.29 is 4.79 Å². The van der Waals surface area contributed by atoms with Crippen LogP contribution in [0.3, 0.4) is 0 Å². The van der Waals surface area contributed by atoms with E-state index in [9.17, 15) is 4.79 Å². The molecule has 1 saturated heterocycles. The Morgan fingerprint density at radius 3 is 2.72 bits per heavy atom. The molecule has 1 aliphatic heterocycles. The smallest absolute Gasteiger partial charge is 0.240 e. The predicted molar refractivity (Wildman–Crippen MR) is 74.1 cm³/mol. The van der Waals surface area contributed by atoms with Crippen molar-refractivity contribution in [1.82, 2.24) is 10.2 Å². The zero-order valence-electron chi connectivity index (χ0n) is 10.4. The van der Waals surface area contributed by atoms with E-state index in [2.05, 4.69) is 5.32 Å². The molecule has 0 saturated carbocycles. The molecule has 0 aliphatic carbocycles. The average Bonchev–Trinajstić information content (AvgIpc) is 2.69. The molecule has 98 valence electrons. The fraction of sp³-hybridized carbons (Fsp3) is 0.462. The third-order valence-corrected chi connectivity index (χ3v) is 4.03. The molecule has 1 aromatic carbocycles. The molecule has 0 spiro atoms. The number of carbonyl (C=O) groups is 1. The molecular weight excluding hydrogens is 271 g/mol. The Morgan fingerprint density at radius 2 is 2.17 bits per heavy atom. The third-order valence-electron chi connectivity index (χ3n) is 3.47. The van der Waals surface area contributed by atoms with E-state index in [-0.39, 0.29) is 18.0 Å². The van der Waals surface area contributed by atoms with Gasteiger partial charge in [-0.15, -0.1) is 0 Å². The largest absolute Gasteiger partial charge is 0.334 e. The number of hydrogen-bond acceptors (Lipinski definition) is 2. The van der Waals surface area contributed by atoms with Gasteiger partial charge in [0.2, 0.25) is 5.91 Å². The van der Waals surface area contributed by atoms with Gasteiger partial charge in [0.25, 0.3) is 0 Å². The van der Waals surface area contributed by atoms with Crippen LogP contribution in [0.1, 0.15) is 24.9 Å². The minimum atomic E-state index is -0.0708. The molecule has 1 fully saturated rings. The lowest BCUT2D eigenvalue weighted by atomic mass is 10.1. The van der Waals surface area contributed by atoms with Crippen molar-refractivity contribution in [3.63, 3.8) is 0 Å². The summed E-state index contributed by atoms with van der Waals surface area (Å²) in [7, 11) is 1.81. The van der Waals surface area contributed by atoms with Crippen LogP contribution < -0.4 is 5.32 Å². The van der Waals surface area contributed by atoms with Gasteiger partial charge in [0, 0.05) is 16.6 Å². The van der Waals surface area contributed by atoms with Crippen LogP contribution in [0.4, 0.5) is 0 Å². The lowest BCUT2D eigenvalue weighted by Crippen LogP contribution is -2.37. The maximum Gasteiger partial charge on any atom is 0.240 e. The maximum atomic E-state index is 12.1. The molecule has 18 heavy (non-hydrogen) atoms. The molecule has 2 unspecified atom stereocenters. The molecule has 1 N–H and O–H groups in total. The first-order chi connectivity index (χ1) is 8.54. The van der Waals surface area contributed by atoms with Crippen LogP contribution in [0.15, 0.2) is 18.2 Å². The van der Waals surface area contributed by atoms with E-state index in [1.165, 1.54) is 0 Å². The molecule has 1 aliphatic rings. The molecule has 2 rings (SSSR count). The fourth-order valence-electron chi connectivity index (χ4n) is 2.36. The van der Waals surface area contributed by atoms with Gasteiger partial charge in [-0.25, -0.2) is 0 Å². The standard InChI is InChI=1S/C13H16Cl2N2O/c1-8(10-4-3-9(14)7-11(10)15)17-6-5-12(16-2)13(17)18/h3-4,7-8,12,16H,5-6H2,1-2H3. The van der Waals surface area contributed by atoms with Gasteiger partial charge < -0.3 is 10.2 Å². The number of likely N-dealkylation sites (tertiary alicyclic amines) is 1. The highest BCUT2D eigenvalue weighted by Gasteiger charge is 2.34. The molecular formula is C13H16Cl2N2O. The Labute approximate surface area is 117 Å². The monoisotopic (exact) mass is 286 g/mol. The highest BCUT2D eigenvalue weighted by molar-refractivity contribution is 6.35. The van der Waals surface area contributed by atoms with E-state index in [0.717, 1.165) is 18.5 Å². The summed E-state index contributed by atoms with van der Waals surface area (Å²) >= 11 is 12.1. The Balaban J connectivity index is 2.21. The quantitative estimate of drug-likeness (QED) is 0.927.